The molecule has 2 rings (SSSR count). The summed E-state index contributed by atoms with van der Waals surface area (Å²) in [6.07, 6.45) is 4.21. The molecule has 2 atom stereocenters. The van der Waals surface area contributed by atoms with Gasteiger partial charge in [0, 0.05) is 0 Å². The van der Waals surface area contributed by atoms with Gasteiger partial charge in [-0.2, -0.15) is 0 Å². The van der Waals surface area contributed by atoms with Crippen molar-refractivity contribution in [3.63, 3.8) is 0 Å². The maximum absolute atomic E-state index is 11.1. The van der Waals surface area contributed by atoms with Crippen molar-refractivity contribution < 1.29 is 28.5 Å². The summed E-state index contributed by atoms with van der Waals surface area (Å²) in [5.74, 6) is -0.483. The fraction of sp³-hybridized carbons (Fsp3) is 0.846. The first-order valence-electron chi connectivity index (χ1n) is 6.84. The third-order valence-electron chi connectivity index (χ3n) is 2.97. The number of hydrogen-bond donors (Lipinski definition) is 0. The van der Waals surface area contributed by atoms with Crippen LogP contribution >= 0.6 is 0 Å². The number of rotatable bonds is 10. The number of esters is 2. The normalized spacial score (nSPS) is 23.8. The molecule has 2 unspecified atom stereocenters. The third kappa shape index (κ3) is 6.02. The van der Waals surface area contributed by atoms with E-state index in [1.165, 1.54) is 0 Å². The molecule has 2 aliphatic rings. The second kappa shape index (κ2) is 7.45. The van der Waals surface area contributed by atoms with Gasteiger partial charge in [-0.05, 0) is 12.8 Å². The Morgan fingerprint density at radius 2 is 1.16 bits per heavy atom. The molecular weight excluding hydrogens is 252 g/mol. The molecule has 0 saturated carbocycles. The Kier molecular flexibility index (Phi) is 5.60. The number of carbonyl (C=O) groups is 2. The summed E-state index contributed by atoms with van der Waals surface area (Å²) >= 11 is 0. The van der Waals surface area contributed by atoms with Gasteiger partial charge in [-0.3, -0.25) is 0 Å². The van der Waals surface area contributed by atoms with Gasteiger partial charge in [-0.15, -0.1) is 0 Å². The zero-order valence-electron chi connectivity index (χ0n) is 11.0. The lowest BCUT2D eigenvalue weighted by Crippen LogP contribution is -2.12. The van der Waals surface area contributed by atoms with Crippen molar-refractivity contribution in [3.05, 3.63) is 0 Å². The van der Waals surface area contributed by atoms with E-state index in [0.717, 1.165) is 32.1 Å². The molecular formula is C13H20O6. The second-order valence-electron chi connectivity index (χ2n) is 4.75. The summed E-state index contributed by atoms with van der Waals surface area (Å²) in [4.78, 5) is 22.2. The maximum atomic E-state index is 11.1. The average Bonchev–Trinajstić information content (AvgIpc) is 3.29. The van der Waals surface area contributed by atoms with Gasteiger partial charge in [0.15, 0.2) is 12.2 Å². The second-order valence-corrected chi connectivity index (χ2v) is 4.75. The first-order valence-corrected chi connectivity index (χ1v) is 6.84. The van der Waals surface area contributed by atoms with Crippen LogP contribution in [-0.2, 0) is 28.5 Å². The largest absolute Gasteiger partial charge is 0.464 e. The van der Waals surface area contributed by atoms with E-state index >= 15 is 0 Å². The van der Waals surface area contributed by atoms with Crippen LogP contribution in [0.2, 0.25) is 0 Å². The van der Waals surface area contributed by atoms with E-state index in [2.05, 4.69) is 0 Å². The summed E-state index contributed by atoms with van der Waals surface area (Å²) in [5.41, 5.74) is 0. The molecule has 6 nitrogen and oxygen atoms in total. The quantitative estimate of drug-likeness (QED) is 0.333. The summed E-state index contributed by atoms with van der Waals surface area (Å²) in [6.45, 7) is 1.94. The monoisotopic (exact) mass is 272 g/mol. The van der Waals surface area contributed by atoms with Gasteiger partial charge in [-0.1, -0.05) is 19.3 Å². The van der Waals surface area contributed by atoms with Crippen LogP contribution in [0, 0.1) is 0 Å². The number of carbonyl (C=O) groups excluding carboxylic acids is 2. The smallest absolute Gasteiger partial charge is 0.337 e. The van der Waals surface area contributed by atoms with Crippen LogP contribution < -0.4 is 0 Å². The van der Waals surface area contributed by atoms with Gasteiger partial charge in [0.2, 0.25) is 0 Å². The molecule has 0 N–H and O–H groups in total. The topological polar surface area (TPSA) is 77.7 Å². The zero-order valence-corrected chi connectivity index (χ0v) is 11.0. The molecule has 2 saturated heterocycles. The highest BCUT2D eigenvalue weighted by Gasteiger charge is 2.33. The highest BCUT2D eigenvalue weighted by atomic mass is 16.6. The van der Waals surface area contributed by atoms with E-state index in [0.29, 0.717) is 26.4 Å². The van der Waals surface area contributed by atoms with E-state index in [-0.39, 0.29) is 24.1 Å². The van der Waals surface area contributed by atoms with Crippen molar-refractivity contribution in [2.75, 3.05) is 26.4 Å². The summed E-state index contributed by atoms with van der Waals surface area (Å²) < 4.78 is 19.6. The highest BCUT2D eigenvalue weighted by Crippen LogP contribution is 2.12. The summed E-state index contributed by atoms with van der Waals surface area (Å²) in [6, 6.07) is 0. The molecule has 0 radical (unpaired) electrons. The molecule has 0 spiro atoms. The highest BCUT2D eigenvalue weighted by molar-refractivity contribution is 5.77. The molecule has 0 aromatic heterocycles. The molecule has 0 aromatic rings. The molecule has 108 valence electrons. The fourth-order valence-corrected chi connectivity index (χ4v) is 1.63. The standard InChI is InChI=1S/C13H20O6/c14-12(10-8-18-10)16-6-4-2-1-3-5-7-17-13(15)11-9-19-11/h10-11H,1-9H2. The van der Waals surface area contributed by atoms with Gasteiger partial charge in [-0.25, -0.2) is 9.59 Å². The average molecular weight is 272 g/mol. The minimum absolute atomic E-state index is 0.241. The van der Waals surface area contributed by atoms with Crippen LogP contribution in [0.1, 0.15) is 32.1 Å². The number of hydrogen-bond acceptors (Lipinski definition) is 6. The molecule has 0 aliphatic carbocycles. The van der Waals surface area contributed by atoms with E-state index in [4.69, 9.17) is 18.9 Å². The van der Waals surface area contributed by atoms with Gasteiger partial charge in [0.1, 0.15) is 0 Å². The van der Waals surface area contributed by atoms with E-state index < -0.39 is 0 Å². The van der Waals surface area contributed by atoms with Crippen LogP contribution in [0.25, 0.3) is 0 Å². The lowest BCUT2D eigenvalue weighted by Gasteiger charge is -2.04. The minimum atomic E-state index is -0.301. The summed E-state index contributed by atoms with van der Waals surface area (Å²) in [7, 11) is 0. The van der Waals surface area contributed by atoms with Gasteiger partial charge >= 0.3 is 11.9 Å². The number of epoxide rings is 2. The molecule has 0 bridgehead atoms. The number of unbranched alkanes of at least 4 members (excludes halogenated alkanes) is 4. The predicted octanol–water partition coefficient (Wildman–Crippen LogP) is 0.821. The Bertz CT molecular complexity index is 278. The van der Waals surface area contributed by atoms with Crippen molar-refractivity contribution >= 4 is 11.9 Å². The van der Waals surface area contributed by atoms with Crippen LogP contribution in [0.3, 0.4) is 0 Å². The van der Waals surface area contributed by atoms with Gasteiger partial charge < -0.3 is 18.9 Å². The Morgan fingerprint density at radius 3 is 1.53 bits per heavy atom. The van der Waals surface area contributed by atoms with E-state index in [1.54, 1.807) is 0 Å². The molecule has 2 fully saturated rings. The van der Waals surface area contributed by atoms with Crippen LogP contribution in [0.5, 0.6) is 0 Å². The van der Waals surface area contributed by atoms with E-state index in [9.17, 15) is 9.59 Å². The summed E-state index contributed by atoms with van der Waals surface area (Å²) in [5, 5.41) is 0. The lowest BCUT2D eigenvalue weighted by molar-refractivity contribution is -0.145. The minimum Gasteiger partial charge on any atom is -0.464 e. The molecule has 6 heteroatoms. The zero-order chi connectivity index (χ0) is 13.5. The predicted molar refractivity (Wildman–Crippen MR) is 64.5 cm³/mol. The molecule has 2 heterocycles. The molecule has 0 amide bonds. The van der Waals surface area contributed by atoms with Crippen LogP contribution in [0.4, 0.5) is 0 Å². The van der Waals surface area contributed by atoms with Crippen molar-refractivity contribution in [2.45, 2.75) is 44.3 Å². The number of ether oxygens (including phenoxy) is 4. The first-order chi connectivity index (χ1) is 9.27. The van der Waals surface area contributed by atoms with Crippen molar-refractivity contribution in [1.82, 2.24) is 0 Å². The first kappa shape index (κ1) is 14.3. The maximum Gasteiger partial charge on any atom is 0.337 e. The Morgan fingerprint density at radius 1 is 0.789 bits per heavy atom. The Labute approximate surface area is 112 Å². The third-order valence-corrected chi connectivity index (χ3v) is 2.97. The Balaban J connectivity index is 1.30. The van der Waals surface area contributed by atoms with Crippen molar-refractivity contribution in [1.29, 1.82) is 0 Å². The molecule has 2 aliphatic heterocycles. The van der Waals surface area contributed by atoms with E-state index in [1.807, 2.05) is 0 Å². The fourth-order valence-electron chi connectivity index (χ4n) is 1.63. The van der Waals surface area contributed by atoms with Crippen molar-refractivity contribution in [3.8, 4) is 0 Å². The van der Waals surface area contributed by atoms with Crippen molar-refractivity contribution in [2.24, 2.45) is 0 Å². The SMILES string of the molecule is O=C(OCCCCCCCOC(=O)C1CO1)C1CO1. The lowest BCUT2D eigenvalue weighted by atomic mass is 10.1. The Hall–Kier alpha value is -1.14. The molecule has 0 aromatic carbocycles. The van der Waals surface area contributed by atoms with Gasteiger partial charge in [0.05, 0.1) is 26.4 Å². The molecule has 19 heavy (non-hydrogen) atoms. The van der Waals surface area contributed by atoms with Gasteiger partial charge in [0.25, 0.3) is 0 Å². The van der Waals surface area contributed by atoms with Crippen LogP contribution in [-0.4, -0.2) is 50.6 Å². The van der Waals surface area contributed by atoms with Crippen LogP contribution in [0.15, 0.2) is 0 Å².